The van der Waals surface area contributed by atoms with Gasteiger partial charge < -0.3 is 0 Å². The van der Waals surface area contributed by atoms with E-state index >= 15 is 0 Å². The summed E-state index contributed by atoms with van der Waals surface area (Å²) in [6.45, 7) is 61.9. The van der Waals surface area contributed by atoms with Gasteiger partial charge in [-0.2, -0.15) is 0 Å². The third-order valence-electron chi connectivity index (χ3n) is 27.3. The van der Waals surface area contributed by atoms with Crippen LogP contribution in [0.1, 0.15) is 436 Å². The summed E-state index contributed by atoms with van der Waals surface area (Å²) in [6.07, 6.45) is 59.8. The van der Waals surface area contributed by atoms with Gasteiger partial charge in [-0.15, -0.1) is 0 Å². The minimum absolute atomic E-state index is 0.810. The van der Waals surface area contributed by atoms with Gasteiger partial charge in [0.2, 0.25) is 0 Å². The van der Waals surface area contributed by atoms with E-state index < -0.39 is 0 Å². The summed E-state index contributed by atoms with van der Waals surface area (Å²) in [5.41, 5.74) is 0. The quantitative estimate of drug-likeness (QED) is 0.0569. The second-order valence-corrected chi connectivity index (χ2v) is 32.5. The van der Waals surface area contributed by atoms with Crippen LogP contribution in [0.3, 0.4) is 0 Å². The zero-order chi connectivity index (χ0) is 66.4. The molecule has 0 aliphatic heterocycles. The summed E-state index contributed by atoms with van der Waals surface area (Å²) < 4.78 is 0. The highest BCUT2D eigenvalue weighted by Gasteiger charge is 2.43. The lowest BCUT2D eigenvalue weighted by atomic mass is 9.58. The second-order valence-electron chi connectivity index (χ2n) is 32.5. The van der Waals surface area contributed by atoms with E-state index in [0.717, 1.165) is 130 Å². The van der Waals surface area contributed by atoms with Crippen LogP contribution in [0.5, 0.6) is 0 Å². The Morgan fingerprint density at radius 3 is 0.250 bits per heavy atom. The smallest absolute Gasteiger partial charge is 0.0328 e. The molecule has 0 aromatic carbocycles. The van der Waals surface area contributed by atoms with Gasteiger partial charge >= 0.3 is 0 Å². The van der Waals surface area contributed by atoms with E-state index in [0.29, 0.717) is 0 Å². The molecule has 0 N–H and O–H groups in total. The first-order valence-corrected chi connectivity index (χ1v) is 42.5. The first kappa shape index (κ1) is 88.0. The standard InChI is InChI=1S/C88H178/c1-25-67(26-2)49-79(50-68(27-3)28-4)61-85(62-80(51-69(29-5)30-6)52-70(31-7)32-8)88(86(63-81(53-71(33-9)34-10)54-72(35-11)36-12)64-82(55-73(37-13)38-14)56-74(39-15)40-16)87(65-83(57-75(41-17)42-18)58-76(43-19)44-20)66-84(59-77(45-21)46-22)60-78(47-23)48-24/h67-88H,25-66H2,1-24H3. The van der Waals surface area contributed by atoms with Crippen LogP contribution in [0.2, 0.25) is 0 Å². The Morgan fingerprint density at radius 1 is 0.102 bits per heavy atom. The number of hydrogen-bond acceptors (Lipinski definition) is 0. The minimum Gasteiger partial charge on any atom is -0.0651 e. The Kier molecular flexibility index (Phi) is 55.2. The van der Waals surface area contributed by atoms with Crippen LogP contribution in [0, 0.1) is 130 Å². The first-order chi connectivity index (χ1) is 42.5. The Labute approximate surface area is 562 Å². The van der Waals surface area contributed by atoms with Gasteiger partial charge in [0.15, 0.2) is 0 Å². The van der Waals surface area contributed by atoms with E-state index in [4.69, 9.17) is 0 Å². The van der Waals surface area contributed by atoms with Gasteiger partial charge in [-0.1, -0.05) is 320 Å². The molecular weight excluding hydrogens is 1060 g/mol. The van der Waals surface area contributed by atoms with Crippen molar-refractivity contribution in [3.05, 3.63) is 0 Å². The predicted octanol–water partition coefficient (Wildman–Crippen LogP) is 31.4. The van der Waals surface area contributed by atoms with Gasteiger partial charge in [0.05, 0.1) is 0 Å². The van der Waals surface area contributed by atoms with E-state index in [2.05, 4.69) is 166 Å². The monoisotopic (exact) mass is 1240 g/mol. The van der Waals surface area contributed by atoms with Gasteiger partial charge in [0.1, 0.15) is 0 Å². The van der Waals surface area contributed by atoms with Gasteiger partial charge in [-0.05, 0) is 246 Å². The van der Waals surface area contributed by atoms with Crippen LogP contribution in [-0.2, 0) is 0 Å². The van der Waals surface area contributed by atoms with Crippen molar-refractivity contribution in [2.45, 2.75) is 436 Å². The molecule has 0 heteroatoms. The molecular formula is C88H178. The van der Waals surface area contributed by atoms with Crippen molar-refractivity contribution in [1.82, 2.24) is 0 Å². The highest BCUT2D eigenvalue weighted by Crippen LogP contribution is 2.53. The van der Waals surface area contributed by atoms with E-state index in [1.54, 1.807) is 0 Å². The van der Waals surface area contributed by atoms with Crippen molar-refractivity contribution in [2.24, 2.45) is 130 Å². The number of rotatable bonds is 63. The fourth-order valence-electron chi connectivity index (χ4n) is 19.8. The topological polar surface area (TPSA) is 0 Å². The maximum atomic E-state index is 2.58. The van der Waals surface area contributed by atoms with Crippen molar-refractivity contribution in [3.8, 4) is 0 Å². The van der Waals surface area contributed by atoms with Crippen molar-refractivity contribution in [3.63, 3.8) is 0 Å². The van der Waals surface area contributed by atoms with E-state index in [1.807, 2.05) is 0 Å². The van der Waals surface area contributed by atoms with Crippen molar-refractivity contribution in [2.75, 3.05) is 0 Å². The van der Waals surface area contributed by atoms with Crippen LogP contribution in [-0.4, -0.2) is 0 Å². The highest BCUT2D eigenvalue weighted by atomic mass is 14.5. The van der Waals surface area contributed by atoms with Crippen LogP contribution in [0.15, 0.2) is 0 Å². The molecule has 0 saturated carbocycles. The summed E-state index contributed by atoms with van der Waals surface area (Å²) in [6, 6.07) is 0. The molecule has 0 aromatic heterocycles. The van der Waals surface area contributed by atoms with Gasteiger partial charge in [-0.3, -0.25) is 0 Å². The Hall–Kier alpha value is 0. The second kappa shape index (κ2) is 55.2. The molecule has 0 rings (SSSR count). The Bertz CT molecular complexity index is 1050. The summed E-state index contributed by atoms with van der Waals surface area (Å²) in [4.78, 5) is 0. The summed E-state index contributed by atoms with van der Waals surface area (Å²) in [7, 11) is 0. The number of hydrogen-bond donors (Lipinski definition) is 0. The molecule has 0 heterocycles. The van der Waals surface area contributed by atoms with E-state index in [9.17, 15) is 0 Å². The first-order valence-electron chi connectivity index (χ1n) is 42.5. The lowest BCUT2D eigenvalue weighted by Crippen LogP contribution is -2.39. The van der Waals surface area contributed by atoms with Crippen molar-refractivity contribution >= 4 is 0 Å². The maximum absolute atomic E-state index is 2.58. The molecule has 0 aliphatic rings. The molecule has 88 heavy (non-hydrogen) atoms. The zero-order valence-corrected chi connectivity index (χ0v) is 66.4. The van der Waals surface area contributed by atoms with Crippen molar-refractivity contribution < 1.29 is 0 Å². The molecule has 0 amide bonds. The maximum Gasteiger partial charge on any atom is -0.0328 e. The summed E-state index contributed by atoms with van der Waals surface area (Å²) in [5, 5.41) is 0. The largest absolute Gasteiger partial charge is 0.0651 e. The van der Waals surface area contributed by atoms with Crippen LogP contribution in [0.25, 0.3) is 0 Å². The lowest BCUT2D eigenvalue weighted by molar-refractivity contribution is 0.0222. The Morgan fingerprint density at radius 2 is 0.182 bits per heavy atom. The highest BCUT2D eigenvalue weighted by molar-refractivity contribution is 4.93. The molecule has 0 nitrogen and oxygen atoms in total. The molecule has 0 aromatic rings. The average Bonchev–Trinajstić information content (AvgIpc) is 3.69. The third kappa shape index (κ3) is 35.7. The summed E-state index contributed by atoms with van der Waals surface area (Å²) in [5.74, 6) is 18.6. The van der Waals surface area contributed by atoms with Crippen LogP contribution in [0.4, 0.5) is 0 Å². The van der Waals surface area contributed by atoms with Crippen LogP contribution >= 0.6 is 0 Å². The van der Waals surface area contributed by atoms with Gasteiger partial charge in [0.25, 0.3) is 0 Å². The molecule has 0 aliphatic carbocycles. The average molecular weight is 1240 g/mol. The normalized spacial score (nSPS) is 13.3. The fourth-order valence-corrected chi connectivity index (χ4v) is 19.8. The van der Waals surface area contributed by atoms with Crippen LogP contribution < -0.4 is 0 Å². The minimum atomic E-state index is 0.810. The third-order valence-corrected chi connectivity index (χ3v) is 27.3. The van der Waals surface area contributed by atoms with Gasteiger partial charge in [-0.25, -0.2) is 0 Å². The SMILES string of the molecule is CCC(CC)CC(CC(CC)CC)CC(CC(CC(CC)CC)CC(CC)CC)C(C(CC(CC(CC)CC)CC(CC)CC)CC(CC(CC)CC)CC(CC)CC)C(CC(CC(CC)CC)CC(CC)CC)CC(CC(CC)CC)CC(CC)CC. The lowest BCUT2D eigenvalue weighted by Gasteiger charge is -2.48. The van der Waals surface area contributed by atoms with E-state index in [-0.39, 0.29) is 0 Å². The molecule has 0 saturated heterocycles. The van der Waals surface area contributed by atoms with Crippen molar-refractivity contribution in [1.29, 1.82) is 0 Å². The molecule has 0 unspecified atom stereocenters. The predicted molar refractivity (Wildman–Crippen MR) is 407 cm³/mol. The molecule has 0 spiro atoms. The molecule has 0 atom stereocenters. The Balaban J connectivity index is 10.5. The molecule has 0 fully saturated rings. The molecule has 0 radical (unpaired) electrons. The molecule has 530 valence electrons. The molecule has 0 bridgehead atoms. The fraction of sp³-hybridized carbons (Fsp3) is 1.00. The summed E-state index contributed by atoms with van der Waals surface area (Å²) >= 11 is 0. The van der Waals surface area contributed by atoms with E-state index in [1.165, 1.54) is 270 Å². The zero-order valence-electron chi connectivity index (χ0n) is 66.4. The van der Waals surface area contributed by atoms with Gasteiger partial charge in [0, 0.05) is 0 Å².